The van der Waals surface area contributed by atoms with Crippen LogP contribution in [-0.4, -0.2) is 42.9 Å². The predicted molar refractivity (Wildman–Crippen MR) is 71.6 cm³/mol. The van der Waals surface area contributed by atoms with E-state index in [2.05, 4.69) is 16.7 Å². The summed E-state index contributed by atoms with van der Waals surface area (Å²) in [5.74, 6) is 6.36. The summed E-state index contributed by atoms with van der Waals surface area (Å²) in [7, 11) is 0. The minimum Gasteiger partial charge on any atom is -0.492 e. The Morgan fingerprint density at radius 3 is 2.56 bits per heavy atom. The van der Waals surface area contributed by atoms with Gasteiger partial charge in [0.05, 0.1) is 0 Å². The van der Waals surface area contributed by atoms with Crippen LogP contribution in [0.15, 0.2) is 24.3 Å². The van der Waals surface area contributed by atoms with Gasteiger partial charge in [-0.05, 0) is 50.2 Å². The first kappa shape index (κ1) is 12.9. The zero-order chi connectivity index (χ0) is 12.6. The molecule has 0 radical (unpaired) electrons. The minimum atomic E-state index is -0.103. The van der Waals surface area contributed by atoms with Gasteiger partial charge in [0.25, 0.3) is 0 Å². The van der Waals surface area contributed by atoms with Gasteiger partial charge in [0.15, 0.2) is 0 Å². The summed E-state index contributed by atoms with van der Waals surface area (Å²) in [5, 5.41) is 8.60. The molecule has 0 aliphatic carbocycles. The van der Waals surface area contributed by atoms with E-state index in [4.69, 9.17) is 9.84 Å². The van der Waals surface area contributed by atoms with Crippen LogP contribution in [0.4, 0.5) is 0 Å². The molecule has 1 aliphatic heterocycles. The second-order valence-corrected chi connectivity index (χ2v) is 4.38. The summed E-state index contributed by atoms with van der Waals surface area (Å²) in [6, 6.07) is 7.67. The number of likely N-dealkylation sites (tertiary alicyclic amines) is 1. The molecular weight excluding hydrogens is 226 g/mol. The second kappa shape index (κ2) is 7.05. The van der Waals surface area contributed by atoms with Crippen LogP contribution >= 0.6 is 0 Å². The molecule has 0 bridgehead atoms. The Kier molecular flexibility index (Phi) is 5.07. The summed E-state index contributed by atoms with van der Waals surface area (Å²) in [6.45, 7) is 4.06. The molecule has 3 heteroatoms. The fraction of sp³-hybridized carbons (Fsp3) is 0.467. The first-order chi connectivity index (χ1) is 8.88. The summed E-state index contributed by atoms with van der Waals surface area (Å²) in [5.41, 5.74) is 0.899. The van der Waals surface area contributed by atoms with E-state index in [-0.39, 0.29) is 6.61 Å². The number of rotatable bonds is 4. The molecule has 1 aliphatic rings. The van der Waals surface area contributed by atoms with E-state index in [1.807, 2.05) is 24.3 Å². The minimum absolute atomic E-state index is 0.103. The molecule has 1 saturated heterocycles. The molecule has 1 aromatic rings. The molecule has 1 aromatic carbocycles. The quantitative estimate of drug-likeness (QED) is 0.816. The fourth-order valence-corrected chi connectivity index (χ4v) is 2.07. The number of aliphatic hydroxyl groups is 1. The van der Waals surface area contributed by atoms with E-state index in [1.54, 1.807) is 0 Å². The molecule has 0 unspecified atom stereocenters. The maximum absolute atomic E-state index is 8.60. The van der Waals surface area contributed by atoms with Crippen molar-refractivity contribution < 1.29 is 9.84 Å². The van der Waals surface area contributed by atoms with Crippen LogP contribution in [0.5, 0.6) is 5.75 Å². The highest BCUT2D eigenvalue weighted by Crippen LogP contribution is 2.12. The first-order valence-electron chi connectivity index (χ1n) is 6.43. The Morgan fingerprint density at radius 1 is 1.17 bits per heavy atom. The molecule has 18 heavy (non-hydrogen) atoms. The summed E-state index contributed by atoms with van der Waals surface area (Å²) < 4.78 is 5.69. The molecule has 96 valence electrons. The van der Waals surface area contributed by atoms with Crippen LogP contribution < -0.4 is 4.74 Å². The highest BCUT2D eigenvalue weighted by Gasteiger charge is 2.10. The van der Waals surface area contributed by atoms with E-state index in [9.17, 15) is 0 Å². The van der Waals surface area contributed by atoms with Crippen molar-refractivity contribution in [3.63, 3.8) is 0 Å². The lowest BCUT2D eigenvalue weighted by atomic mass is 10.2. The van der Waals surface area contributed by atoms with Crippen molar-refractivity contribution >= 4 is 0 Å². The van der Waals surface area contributed by atoms with Gasteiger partial charge in [0.1, 0.15) is 19.0 Å². The third kappa shape index (κ3) is 4.06. The van der Waals surface area contributed by atoms with E-state index >= 15 is 0 Å². The van der Waals surface area contributed by atoms with Crippen LogP contribution in [0.25, 0.3) is 0 Å². The Labute approximate surface area is 108 Å². The Bertz CT molecular complexity index is 410. The van der Waals surface area contributed by atoms with Crippen molar-refractivity contribution in [2.45, 2.75) is 12.8 Å². The van der Waals surface area contributed by atoms with Crippen molar-refractivity contribution in [2.75, 3.05) is 32.8 Å². The average molecular weight is 245 g/mol. The van der Waals surface area contributed by atoms with E-state index < -0.39 is 0 Å². The highest BCUT2D eigenvalue weighted by molar-refractivity contribution is 5.38. The normalized spacial score (nSPS) is 15.2. The van der Waals surface area contributed by atoms with E-state index in [1.165, 1.54) is 25.9 Å². The van der Waals surface area contributed by atoms with Gasteiger partial charge in [0.2, 0.25) is 0 Å². The van der Waals surface area contributed by atoms with Gasteiger partial charge in [-0.25, -0.2) is 0 Å². The molecule has 0 aromatic heterocycles. The zero-order valence-electron chi connectivity index (χ0n) is 10.6. The fourth-order valence-electron chi connectivity index (χ4n) is 2.07. The number of benzene rings is 1. The van der Waals surface area contributed by atoms with Gasteiger partial charge >= 0.3 is 0 Å². The SMILES string of the molecule is OCC#Cc1ccc(OCCN2CCCC2)cc1. The maximum atomic E-state index is 8.60. The smallest absolute Gasteiger partial charge is 0.119 e. The second-order valence-electron chi connectivity index (χ2n) is 4.38. The van der Waals surface area contributed by atoms with Crippen molar-refractivity contribution in [1.29, 1.82) is 0 Å². The van der Waals surface area contributed by atoms with Crippen LogP contribution in [0.3, 0.4) is 0 Å². The van der Waals surface area contributed by atoms with Gasteiger partial charge in [-0.1, -0.05) is 11.8 Å². The predicted octanol–water partition coefficient (Wildman–Crippen LogP) is 1.50. The lowest BCUT2D eigenvalue weighted by Crippen LogP contribution is -2.25. The maximum Gasteiger partial charge on any atom is 0.119 e. The van der Waals surface area contributed by atoms with Crippen LogP contribution in [-0.2, 0) is 0 Å². The molecule has 0 amide bonds. The number of hydrogen-bond donors (Lipinski definition) is 1. The number of hydrogen-bond acceptors (Lipinski definition) is 3. The molecule has 1 fully saturated rings. The highest BCUT2D eigenvalue weighted by atomic mass is 16.5. The van der Waals surface area contributed by atoms with Gasteiger partial charge in [-0.15, -0.1) is 0 Å². The lowest BCUT2D eigenvalue weighted by Gasteiger charge is -2.14. The molecular formula is C15H19NO2. The van der Waals surface area contributed by atoms with E-state index in [0.717, 1.165) is 24.5 Å². The first-order valence-corrected chi connectivity index (χ1v) is 6.43. The Balaban J connectivity index is 1.75. The molecule has 0 spiro atoms. The third-order valence-electron chi connectivity index (χ3n) is 3.04. The van der Waals surface area contributed by atoms with Gasteiger partial charge in [-0.3, -0.25) is 4.90 Å². The number of aliphatic hydroxyl groups excluding tert-OH is 1. The third-order valence-corrected chi connectivity index (χ3v) is 3.04. The summed E-state index contributed by atoms with van der Waals surface area (Å²) in [4.78, 5) is 2.43. The van der Waals surface area contributed by atoms with Crippen molar-refractivity contribution in [3.8, 4) is 17.6 Å². The van der Waals surface area contributed by atoms with Crippen molar-refractivity contribution in [3.05, 3.63) is 29.8 Å². The summed E-state index contributed by atoms with van der Waals surface area (Å²) in [6.07, 6.45) is 2.64. The molecule has 0 atom stereocenters. The van der Waals surface area contributed by atoms with E-state index in [0.29, 0.717) is 0 Å². The van der Waals surface area contributed by atoms with Crippen LogP contribution in [0.1, 0.15) is 18.4 Å². The standard InChI is InChI=1S/C15H19NO2/c17-12-3-4-14-5-7-15(8-6-14)18-13-11-16-9-1-2-10-16/h5-8,17H,1-2,9-13H2. The van der Waals surface area contributed by atoms with Gasteiger partial charge in [-0.2, -0.15) is 0 Å². The van der Waals surface area contributed by atoms with Crippen molar-refractivity contribution in [2.24, 2.45) is 0 Å². The van der Waals surface area contributed by atoms with Gasteiger partial charge in [0, 0.05) is 12.1 Å². The van der Waals surface area contributed by atoms with Crippen LogP contribution in [0, 0.1) is 11.8 Å². The van der Waals surface area contributed by atoms with Crippen molar-refractivity contribution in [1.82, 2.24) is 4.90 Å². The zero-order valence-corrected chi connectivity index (χ0v) is 10.6. The lowest BCUT2D eigenvalue weighted by molar-refractivity contribution is 0.238. The molecule has 1 N–H and O–H groups in total. The van der Waals surface area contributed by atoms with Gasteiger partial charge < -0.3 is 9.84 Å². The molecule has 3 nitrogen and oxygen atoms in total. The van der Waals surface area contributed by atoms with Crippen LogP contribution in [0.2, 0.25) is 0 Å². The Hall–Kier alpha value is -1.50. The average Bonchev–Trinajstić information content (AvgIpc) is 2.91. The molecule has 0 saturated carbocycles. The topological polar surface area (TPSA) is 32.7 Å². The molecule has 2 rings (SSSR count). The summed E-state index contributed by atoms with van der Waals surface area (Å²) >= 11 is 0. The monoisotopic (exact) mass is 245 g/mol. The molecule has 1 heterocycles. The largest absolute Gasteiger partial charge is 0.492 e. The number of nitrogens with zero attached hydrogens (tertiary/aromatic N) is 1. The Morgan fingerprint density at radius 2 is 1.89 bits per heavy atom. The number of ether oxygens (including phenoxy) is 1.